The molecule has 5 heteroatoms. The van der Waals surface area contributed by atoms with Gasteiger partial charge in [-0.15, -0.1) is 12.4 Å². The molecule has 2 rings (SSSR count). The number of amides is 1. The van der Waals surface area contributed by atoms with Gasteiger partial charge in [0.05, 0.1) is 6.04 Å². The van der Waals surface area contributed by atoms with Gasteiger partial charge in [-0.05, 0) is 37.1 Å². The molecular formula is C15H22ClN3O. The fourth-order valence-electron chi connectivity index (χ4n) is 2.09. The van der Waals surface area contributed by atoms with Crippen LogP contribution in [0.4, 0.5) is 5.69 Å². The molecule has 0 bridgehead atoms. The summed E-state index contributed by atoms with van der Waals surface area (Å²) in [6.45, 7) is 6.03. The third-order valence-electron chi connectivity index (χ3n) is 3.58. The lowest BCUT2D eigenvalue weighted by atomic mass is 9.99. The third kappa shape index (κ3) is 3.52. The molecule has 0 saturated carbocycles. The Balaban J connectivity index is 0.00000200. The van der Waals surface area contributed by atoms with E-state index < -0.39 is 6.04 Å². The number of aromatic amines is 1. The smallest absolute Gasteiger partial charge is 0.241 e. The Hall–Kier alpha value is -1.52. The van der Waals surface area contributed by atoms with Crippen LogP contribution in [0.3, 0.4) is 0 Å². The van der Waals surface area contributed by atoms with Gasteiger partial charge in [0.25, 0.3) is 0 Å². The van der Waals surface area contributed by atoms with Crippen LogP contribution >= 0.6 is 12.4 Å². The molecule has 4 N–H and O–H groups in total. The van der Waals surface area contributed by atoms with Gasteiger partial charge < -0.3 is 16.0 Å². The lowest BCUT2D eigenvalue weighted by Gasteiger charge is -2.17. The standard InChI is InChI=1S/C15H21N3O.ClH/c1-4-9(2)14(16)15(19)18-12-5-6-13-11(8-12)7-10(3)17-13;/h5-9,14,17H,4,16H2,1-3H3,(H,18,19);1H. The quantitative estimate of drug-likeness (QED) is 0.810. The molecule has 2 aromatic rings. The summed E-state index contributed by atoms with van der Waals surface area (Å²) in [5.74, 6) is 0.0548. The number of aryl methyl sites for hydroxylation is 1. The van der Waals surface area contributed by atoms with Crippen LogP contribution in [0.25, 0.3) is 10.9 Å². The van der Waals surface area contributed by atoms with E-state index in [0.29, 0.717) is 0 Å². The zero-order valence-corrected chi connectivity index (χ0v) is 12.9. The van der Waals surface area contributed by atoms with Gasteiger partial charge in [0.2, 0.25) is 5.91 Å². The first-order chi connectivity index (χ1) is 9.01. The molecule has 4 nitrogen and oxygen atoms in total. The van der Waals surface area contributed by atoms with E-state index in [1.165, 1.54) is 0 Å². The Morgan fingerprint density at radius 2 is 2.10 bits per heavy atom. The molecule has 1 aromatic heterocycles. The van der Waals surface area contributed by atoms with Crippen LogP contribution in [0.1, 0.15) is 26.0 Å². The van der Waals surface area contributed by atoms with Crippen LogP contribution in [-0.2, 0) is 4.79 Å². The molecule has 0 saturated heterocycles. The van der Waals surface area contributed by atoms with E-state index in [4.69, 9.17) is 5.73 Å². The molecule has 0 aliphatic heterocycles. The summed E-state index contributed by atoms with van der Waals surface area (Å²) >= 11 is 0. The van der Waals surface area contributed by atoms with E-state index in [1.807, 2.05) is 39.0 Å². The first kappa shape index (κ1) is 16.5. The minimum Gasteiger partial charge on any atom is -0.359 e. The molecule has 2 unspecified atom stereocenters. The SMILES string of the molecule is CCC(C)C(N)C(=O)Nc1ccc2[nH]c(C)cc2c1.Cl. The third-order valence-corrected chi connectivity index (χ3v) is 3.58. The van der Waals surface area contributed by atoms with Gasteiger partial charge >= 0.3 is 0 Å². The number of benzene rings is 1. The highest BCUT2D eigenvalue weighted by atomic mass is 35.5. The summed E-state index contributed by atoms with van der Waals surface area (Å²) in [6.07, 6.45) is 0.893. The van der Waals surface area contributed by atoms with Gasteiger partial charge in [0.1, 0.15) is 0 Å². The van der Waals surface area contributed by atoms with Crippen molar-refractivity contribution in [1.82, 2.24) is 4.98 Å². The zero-order valence-electron chi connectivity index (χ0n) is 12.1. The van der Waals surface area contributed by atoms with E-state index in [1.54, 1.807) is 0 Å². The molecule has 0 aliphatic carbocycles. The molecule has 110 valence electrons. The molecule has 1 amide bonds. The Morgan fingerprint density at radius 1 is 1.40 bits per heavy atom. The first-order valence-corrected chi connectivity index (χ1v) is 6.67. The summed E-state index contributed by atoms with van der Waals surface area (Å²) in [5.41, 5.74) is 8.88. The van der Waals surface area contributed by atoms with Crippen molar-refractivity contribution >= 4 is 34.9 Å². The number of carbonyl (C=O) groups excluding carboxylic acids is 1. The van der Waals surface area contributed by atoms with Crippen molar-refractivity contribution in [2.45, 2.75) is 33.2 Å². The minimum atomic E-state index is -0.464. The van der Waals surface area contributed by atoms with Crippen molar-refractivity contribution in [1.29, 1.82) is 0 Å². The van der Waals surface area contributed by atoms with E-state index in [9.17, 15) is 4.79 Å². The maximum atomic E-state index is 12.0. The Labute approximate surface area is 125 Å². The van der Waals surface area contributed by atoms with E-state index >= 15 is 0 Å². The number of anilines is 1. The van der Waals surface area contributed by atoms with Gasteiger partial charge in [-0.2, -0.15) is 0 Å². The molecule has 0 fully saturated rings. The van der Waals surface area contributed by atoms with Crippen molar-refractivity contribution < 1.29 is 4.79 Å². The molecular weight excluding hydrogens is 274 g/mol. The summed E-state index contributed by atoms with van der Waals surface area (Å²) in [6, 6.07) is 7.40. The Morgan fingerprint density at radius 3 is 2.75 bits per heavy atom. The molecule has 2 atom stereocenters. The number of fused-ring (bicyclic) bond motifs is 1. The number of carbonyl (C=O) groups is 1. The molecule has 20 heavy (non-hydrogen) atoms. The van der Waals surface area contributed by atoms with Crippen LogP contribution in [0.15, 0.2) is 24.3 Å². The van der Waals surface area contributed by atoms with Crippen molar-refractivity contribution in [2.75, 3.05) is 5.32 Å². The fourth-order valence-corrected chi connectivity index (χ4v) is 2.09. The summed E-state index contributed by atoms with van der Waals surface area (Å²) in [7, 11) is 0. The van der Waals surface area contributed by atoms with Crippen LogP contribution in [0.5, 0.6) is 0 Å². The number of halogens is 1. The summed E-state index contributed by atoms with van der Waals surface area (Å²) in [4.78, 5) is 15.3. The highest BCUT2D eigenvalue weighted by Crippen LogP contribution is 2.20. The number of rotatable bonds is 4. The van der Waals surface area contributed by atoms with Crippen molar-refractivity contribution in [2.24, 2.45) is 11.7 Å². The number of H-pyrrole nitrogens is 1. The van der Waals surface area contributed by atoms with Gasteiger partial charge in [0, 0.05) is 22.3 Å². The van der Waals surface area contributed by atoms with Crippen molar-refractivity contribution in [3.8, 4) is 0 Å². The highest BCUT2D eigenvalue weighted by Gasteiger charge is 2.19. The van der Waals surface area contributed by atoms with Gasteiger partial charge in [-0.1, -0.05) is 20.3 Å². The van der Waals surface area contributed by atoms with Crippen LogP contribution in [0, 0.1) is 12.8 Å². The van der Waals surface area contributed by atoms with E-state index in [-0.39, 0.29) is 24.2 Å². The minimum absolute atomic E-state index is 0. The second-order valence-electron chi connectivity index (χ2n) is 5.15. The molecule has 0 aliphatic rings. The number of nitrogens with two attached hydrogens (primary N) is 1. The van der Waals surface area contributed by atoms with Gasteiger partial charge in [-0.3, -0.25) is 4.79 Å². The number of nitrogens with one attached hydrogen (secondary N) is 2. The second-order valence-corrected chi connectivity index (χ2v) is 5.15. The van der Waals surface area contributed by atoms with Gasteiger partial charge in [0.15, 0.2) is 0 Å². The summed E-state index contributed by atoms with van der Waals surface area (Å²) < 4.78 is 0. The normalized spacial score (nSPS) is 13.6. The lowest BCUT2D eigenvalue weighted by molar-refractivity contribution is -0.118. The maximum Gasteiger partial charge on any atom is 0.241 e. The van der Waals surface area contributed by atoms with Gasteiger partial charge in [-0.25, -0.2) is 0 Å². The Kier molecular flexibility index (Phi) is 5.60. The molecule has 0 radical (unpaired) electrons. The van der Waals surface area contributed by atoms with E-state index in [0.717, 1.165) is 28.7 Å². The van der Waals surface area contributed by atoms with Crippen molar-refractivity contribution in [3.63, 3.8) is 0 Å². The molecule has 1 heterocycles. The van der Waals surface area contributed by atoms with Crippen LogP contribution in [-0.4, -0.2) is 16.9 Å². The number of hydrogen-bond donors (Lipinski definition) is 3. The van der Waals surface area contributed by atoms with Crippen molar-refractivity contribution in [3.05, 3.63) is 30.0 Å². The molecule has 0 spiro atoms. The lowest BCUT2D eigenvalue weighted by Crippen LogP contribution is -2.40. The topological polar surface area (TPSA) is 70.9 Å². The number of aromatic nitrogens is 1. The zero-order chi connectivity index (χ0) is 14.0. The van der Waals surface area contributed by atoms with Crippen LogP contribution < -0.4 is 11.1 Å². The average molecular weight is 296 g/mol. The largest absolute Gasteiger partial charge is 0.359 e. The highest BCUT2D eigenvalue weighted by molar-refractivity contribution is 5.97. The first-order valence-electron chi connectivity index (χ1n) is 6.67. The second kappa shape index (κ2) is 6.77. The number of hydrogen-bond acceptors (Lipinski definition) is 2. The van der Waals surface area contributed by atoms with E-state index in [2.05, 4.69) is 16.4 Å². The predicted molar refractivity (Wildman–Crippen MR) is 86.3 cm³/mol. The average Bonchev–Trinajstić information content (AvgIpc) is 2.76. The monoisotopic (exact) mass is 295 g/mol. The molecule has 1 aromatic carbocycles. The maximum absolute atomic E-state index is 12.0. The predicted octanol–water partition coefficient (Wildman–Crippen LogP) is 3.21. The summed E-state index contributed by atoms with van der Waals surface area (Å²) in [5, 5.41) is 3.97. The fraction of sp³-hybridized carbons (Fsp3) is 0.400. The van der Waals surface area contributed by atoms with Crippen LogP contribution in [0.2, 0.25) is 0 Å². The Bertz CT molecular complexity index is 594.